The highest BCUT2D eigenvalue weighted by Gasteiger charge is 2.24. The Morgan fingerprint density at radius 2 is 1.94 bits per heavy atom. The number of β-amino-alcohol motifs (C(OH)–C–C–N with tert-alkyl or cyclic N) is 2. The van der Waals surface area contributed by atoms with Gasteiger partial charge in [0.25, 0.3) is 10.1 Å². The van der Waals surface area contributed by atoms with Crippen LogP contribution in [0.5, 0.6) is 0 Å². The van der Waals surface area contributed by atoms with Crippen molar-refractivity contribution in [3.63, 3.8) is 0 Å². The molecule has 1 aliphatic rings. The molecule has 0 saturated carbocycles. The SMILES string of the molecule is O=S(=O)(O)CCCN1CCN(CCO)CC1O. The molecule has 1 heterocycles. The lowest BCUT2D eigenvalue weighted by molar-refractivity contribution is -0.0578. The zero-order chi connectivity index (χ0) is 12.9. The number of piperazine rings is 1. The lowest BCUT2D eigenvalue weighted by Gasteiger charge is -2.38. The first-order chi connectivity index (χ1) is 7.92. The Kier molecular flexibility index (Phi) is 5.77. The zero-order valence-corrected chi connectivity index (χ0v) is 10.5. The van der Waals surface area contributed by atoms with Gasteiger partial charge in [0, 0.05) is 32.7 Å². The maximum absolute atomic E-state index is 10.5. The van der Waals surface area contributed by atoms with Gasteiger partial charge in [0.2, 0.25) is 0 Å². The molecule has 17 heavy (non-hydrogen) atoms. The number of aliphatic hydroxyl groups is 2. The van der Waals surface area contributed by atoms with Crippen LogP contribution in [0.2, 0.25) is 0 Å². The Hall–Kier alpha value is -0.250. The van der Waals surface area contributed by atoms with Crippen molar-refractivity contribution in [1.29, 1.82) is 0 Å². The predicted octanol–water partition coefficient (Wildman–Crippen LogP) is -1.81. The smallest absolute Gasteiger partial charge is 0.264 e. The van der Waals surface area contributed by atoms with Crippen LogP contribution in [-0.2, 0) is 10.1 Å². The third-order valence-corrected chi connectivity index (χ3v) is 3.61. The molecule has 1 rings (SSSR count). The molecule has 7 nitrogen and oxygen atoms in total. The third-order valence-electron chi connectivity index (χ3n) is 2.81. The summed E-state index contributed by atoms with van der Waals surface area (Å²) in [6.07, 6.45) is -0.340. The van der Waals surface area contributed by atoms with Gasteiger partial charge in [-0.25, -0.2) is 0 Å². The fraction of sp³-hybridized carbons (Fsp3) is 1.00. The van der Waals surface area contributed by atoms with Crippen LogP contribution in [0.25, 0.3) is 0 Å². The molecule has 3 N–H and O–H groups in total. The van der Waals surface area contributed by atoms with Gasteiger partial charge in [0.05, 0.1) is 12.4 Å². The van der Waals surface area contributed by atoms with Crippen molar-refractivity contribution in [2.45, 2.75) is 12.6 Å². The molecule has 1 saturated heterocycles. The highest BCUT2D eigenvalue weighted by Crippen LogP contribution is 2.08. The Labute approximate surface area is 101 Å². The summed E-state index contributed by atoms with van der Waals surface area (Å²) in [5, 5.41) is 18.6. The molecule has 0 radical (unpaired) electrons. The second-order valence-electron chi connectivity index (χ2n) is 4.18. The molecule has 0 amide bonds. The van der Waals surface area contributed by atoms with E-state index in [2.05, 4.69) is 0 Å². The first-order valence-electron chi connectivity index (χ1n) is 5.63. The molecule has 0 aromatic carbocycles. The van der Waals surface area contributed by atoms with Gasteiger partial charge in [-0.3, -0.25) is 14.4 Å². The molecule has 1 fully saturated rings. The van der Waals surface area contributed by atoms with Gasteiger partial charge in [-0.15, -0.1) is 0 Å². The molecule has 8 heteroatoms. The van der Waals surface area contributed by atoms with Gasteiger partial charge < -0.3 is 10.2 Å². The van der Waals surface area contributed by atoms with Gasteiger partial charge in [-0.2, -0.15) is 8.42 Å². The topological polar surface area (TPSA) is 101 Å². The molecule has 0 aliphatic carbocycles. The van der Waals surface area contributed by atoms with E-state index in [1.165, 1.54) is 0 Å². The van der Waals surface area contributed by atoms with E-state index in [9.17, 15) is 13.5 Å². The monoisotopic (exact) mass is 268 g/mol. The van der Waals surface area contributed by atoms with Gasteiger partial charge in [-0.05, 0) is 6.42 Å². The van der Waals surface area contributed by atoms with Crippen LogP contribution in [0.15, 0.2) is 0 Å². The molecular formula is C9H20N2O5S. The Morgan fingerprint density at radius 1 is 1.24 bits per heavy atom. The lowest BCUT2D eigenvalue weighted by Crippen LogP contribution is -2.53. The standard InChI is InChI=1S/C9H20N2O5S/c12-6-5-10-3-4-11(9(13)8-10)2-1-7-17(14,15)16/h9,12-13H,1-8H2,(H,14,15,16). The normalized spacial score (nSPS) is 24.1. The molecular weight excluding hydrogens is 248 g/mol. The van der Waals surface area contributed by atoms with Crippen molar-refractivity contribution in [2.75, 3.05) is 45.1 Å². The predicted molar refractivity (Wildman–Crippen MR) is 62.1 cm³/mol. The maximum atomic E-state index is 10.5. The first-order valence-corrected chi connectivity index (χ1v) is 7.24. The van der Waals surface area contributed by atoms with Crippen LogP contribution in [0.1, 0.15) is 6.42 Å². The Balaban J connectivity index is 2.27. The van der Waals surface area contributed by atoms with Crippen LogP contribution in [0.4, 0.5) is 0 Å². The fourth-order valence-electron chi connectivity index (χ4n) is 1.91. The van der Waals surface area contributed by atoms with Crippen molar-refractivity contribution in [3.8, 4) is 0 Å². The molecule has 102 valence electrons. The minimum absolute atomic E-state index is 0.0650. The number of hydrogen-bond acceptors (Lipinski definition) is 6. The van der Waals surface area contributed by atoms with Crippen LogP contribution in [0.3, 0.4) is 0 Å². The first kappa shape index (κ1) is 14.8. The van der Waals surface area contributed by atoms with Gasteiger partial charge in [-0.1, -0.05) is 0 Å². The molecule has 0 aromatic rings. The molecule has 0 bridgehead atoms. The van der Waals surface area contributed by atoms with E-state index < -0.39 is 16.3 Å². The summed E-state index contributed by atoms with van der Waals surface area (Å²) in [4.78, 5) is 3.73. The molecule has 1 unspecified atom stereocenters. The Bertz CT molecular complexity index is 321. The minimum Gasteiger partial charge on any atom is -0.395 e. The van der Waals surface area contributed by atoms with E-state index >= 15 is 0 Å². The highest BCUT2D eigenvalue weighted by molar-refractivity contribution is 7.85. The third kappa shape index (κ3) is 5.75. The van der Waals surface area contributed by atoms with Crippen molar-refractivity contribution in [2.24, 2.45) is 0 Å². The minimum atomic E-state index is -3.91. The summed E-state index contributed by atoms with van der Waals surface area (Å²) in [6, 6.07) is 0. The summed E-state index contributed by atoms with van der Waals surface area (Å²) in [5.74, 6) is -0.281. The van der Waals surface area contributed by atoms with Crippen molar-refractivity contribution in [1.82, 2.24) is 9.80 Å². The highest BCUT2D eigenvalue weighted by atomic mass is 32.2. The molecule has 1 aliphatic heterocycles. The maximum Gasteiger partial charge on any atom is 0.264 e. The summed E-state index contributed by atoms with van der Waals surface area (Å²) in [7, 11) is -3.91. The van der Waals surface area contributed by atoms with Crippen LogP contribution in [0, 0.1) is 0 Å². The quantitative estimate of drug-likeness (QED) is 0.488. The summed E-state index contributed by atoms with van der Waals surface area (Å²) in [6.45, 7) is 2.86. The molecule has 0 aromatic heterocycles. The number of aliphatic hydroxyl groups excluding tert-OH is 2. The van der Waals surface area contributed by atoms with Gasteiger partial charge in [0.15, 0.2) is 0 Å². The fourth-order valence-corrected chi connectivity index (χ4v) is 2.41. The summed E-state index contributed by atoms with van der Waals surface area (Å²) < 4.78 is 29.6. The second-order valence-corrected chi connectivity index (χ2v) is 5.75. The lowest BCUT2D eigenvalue weighted by atomic mass is 10.2. The summed E-state index contributed by atoms with van der Waals surface area (Å²) in [5.41, 5.74) is 0. The summed E-state index contributed by atoms with van der Waals surface area (Å²) >= 11 is 0. The van der Waals surface area contributed by atoms with E-state index in [1.54, 1.807) is 4.90 Å². The molecule has 0 spiro atoms. The van der Waals surface area contributed by atoms with E-state index in [0.29, 0.717) is 32.6 Å². The number of nitrogens with zero attached hydrogens (tertiary/aromatic N) is 2. The average molecular weight is 268 g/mol. The second kappa shape index (κ2) is 6.62. The van der Waals surface area contributed by atoms with E-state index in [-0.39, 0.29) is 12.4 Å². The van der Waals surface area contributed by atoms with Crippen LogP contribution < -0.4 is 0 Å². The van der Waals surface area contributed by atoms with Crippen LogP contribution in [-0.4, -0.2) is 84.3 Å². The van der Waals surface area contributed by atoms with E-state index in [4.69, 9.17) is 9.66 Å². The van der Waals surface area contributed by atoms with E-state index in [1.807, 2.05) is 4.90 Å². The Morgan fingerprint density at radius 3 is 2.47 bits per heavy atom. The van der Waals surface area contributed by atoms with Crippen molar-refractivity contribution >= 4 is 10.1 Å². The largest absolute Gasteiger partial charge is 0.395 e. The van der Waals surface area contributed by atoms with Gasteiger partial charge in [0.1, 0.15) is 6.23 Å². The van der Waals surface area contributed by atoms with Gasteiger partial charge >= 0.3 is 0 Å². The van der Waals surface area contributed by atoms with E-state index in [0.717, 1.165) is 6.54 Å². The number of rotatable bonds is 6. The average Bonchev–Trinajstić information content (AvgIpc) is 2.20. The van der Waals surface area contributed by atoms with Crippen LogP contribution >= 0.6 is 0 Å². The van der Waals surface area contributed by atoms with Crippen molar-refractivity contribution in [3.05, 3.63) is 0 Å². The van der Waals surface area contributed by atoms with Crippen molar-refractivity contribution < 1.29 is 23.2 Å². The zero-order valence-electron chi connectivity index (χ0n) is 9.70. The molecule has 1 atom stereocenters. The number of hydrogen-bond donors (Lipinski definition) is 3.